The van der Waals surface area contributed by atoms with Crippen LogP contribution in [0.5, 0.6) is 0 Å². The molecule has 2 heterocycles. The second-order valence-corrected chi connectivity index (χ2v) is 6.48. The zero-order chi connectivity index (χ0) is 12.5. The van der Waals surface area contributed by atoms with Gasteiger partial charge in [0, 0.05) is 21.0 Å². The Bertz CT molecular complexity index is 559. The predicted octanol–water partition coefficient (Wildman–Crippen LogP) is 4.31. The van der Waals surface area contributed by atoms with E-state index in [4.69, 9.17) is 4.98 Å². The van der Waals surface area contributed by atoms with E-state index in [-0.39, 0.29) is 0 Å². The molecule has 2 nitrogen and oxygen atoms in total. The number of hydrogen-bond donors (Lipinski definition) is 1. The fourth-order valence-corrected chi connectivity index (χ4v) is 4.21. The molecule has 0 bridgehead atoms. The Labute approximate surface area is 120 Å². The minimum Gasteiger partial charge on any atom is -0.309 e. The van der Waals surface area contributed by atoms with Gasteiger partial charge in [-0.05, 0) is 32.4 Å². The second-order valence-electron chi connectivity index (χ2n) is 4.60. The van der Waals surface area contributed by atoms with Crippen molar-refractivity contribution in [3.8, 4) is 10.6 Å². The summed E-state index contributed by atoms with van der Waals surface area (Å²) in [5.41, 5.74) is 2.36. The Morgan fingerprint density at radius 2 is 2.22 bits per heavy atom. The number of aryl methyl sites for hydroxylation is 1. The molecule has 1 saturated heterocycles. The highest BCUT2D eigenvalue weighted by atomic mass is 79.9. The van der Waals surface area contributed by atoms with Crippen molar-refractivity contribution < 1.29 is 0 Å². The van der Waals surface area contributed by atoms with Gasteiger partial charge in [-0.2, -0.15) is 0 Å². The lowest BCUT2D eigenvalue weighted by atomic mass is 10.2. The summed E-state index contributed by atoms with van der Waals surface area (Å²) in [6.07, 6.45) is 2.50. The van der Waals surface area contributed by atoms with Crippen LogP contribution in [0.3, 0.4) is 0 Å². The van der Waals surface area contributed by atoms with Crippen LogP contribution < -0.4 is 5.32 Å². The average molecular weight is 323 g/mol. The van der Waals surface area contributed by atoms with E-state index < -0.39 is 0 Å². The minimum atomic E-state index is 0.513. The zero-order valence-corrected chi connectivity index (χ0v) is 12.6. The van der Waals surface area contributed by atoms with Gasteiger partial charge >= 0.3 is 0 Å². The third-order valence-corrected chi connectivity index (χ3v) is 5.31. The smallest absolute Gasteiger partial charge is 0.125 e. The topological polar surface area (TPSA) is 24.9 Å². The van der Waals surface area contributed by atoms with Gasteiger partial charge in [0.2, 0.25) is 0 Å². The Balaban J connectivity index is 1.99. The molecule has 18 heavy (non-hydrogen) atoms. The summed E-state index contributed by atoms with van der Waals surface area (Å²) in [7, 11) is 0. The minimum absolute atomic E-state index is 0.513. The lowest BCUT2D eigenvalue weighted by molar-refractivity contribution is 0.654. The van der Waals surface area contributed by atoms with Gasteiger partial charge in [-0.15, -0.1) is 11.3 Å². The van der Waals surface area contributed by atoms with Crippen molar-refractivity contribution in [2.45, 2.75) is 25.8 Å². The van der Waals surface area contributed by atoms with Gasteiger partial charge in [0.05, 0.1) is 5.69 Å². The van der Waals surface area contributed by atoms with Crippen LogP contribution in [0, 0.1) is 6.92 Å². The summed E-state index contributed by atoms with van der Waals surface area (Å²) < 4.78 is 1.12. The molecule has 1 unspecified atom stereocenters. The van der Waals surface area contributed by atoms with Crippen LogP contribution in [0.1, 0.15) is 29.5 Å². The Morgan fingerprint density at radius 3 is 2.94 bits per heavy atom. The molecule has 0 amide bonds. The summed E-state index contributed by atoms with van der Waals surface area (Å²) in [6, 6.07) is 8.80. The standard InChI is InChI=1S/C14H15BrN2S/c1-9-13(12-7-4-8-16-12)18-14(17-9)10-5-2-3-6-11(10)15/h2-3,5-6,12,16H,4,7-8H2,1H3. The molecular formula is C14H15BrN2S. The normalized spacial score (nSPS) is 19.3. The molecule has 94 valence electrons. The molecule has 0 aliphatic carbocycles. The van der Waals surface area contributed by atoms with E-state index >= 15 is 0 Å². The molecule has 0 radical (unpaired) electrons. The van der Waals surface area contributed by atoms with Gasteiger partial charge < -0.3 is 5.32 Å². The van der Waals surface area contributed by atoms with Crippen molar-refractivity contribution in [3.05, 3.63) is 39.3 Å². The highest BCUT2D eigenvalue weighted by Crippen LogP contribution is 2.37. The van der Waals surface area contributed by atoms with Gasteiger partial charge in [-0.1, -0.05) is 34.1 Å². The first-order valence-corrected chi connectivity index (χ1v) is 7.82. The molecule has 1 aromatic heterocycles. The van der Waals surface area contributed by atoms with Crippen LogP contribution in [-0.4, -0.2) is 11.5 Å². The van der Waals surface area contributed by atoms with E-state index in [1.807, 2.05) is 17.4 Å². The number of rotatable bonds is 2. The van der Waals surface area contributed by atoms with Gasteiger partial charge in [0.1, 0.15) is 5.01 Å². The molecule has 0 saturated carbocycles. The quantitative estimate of drug-likeness (QED) is 0.891. The van der Waals surface area contributed by atoms with E-state index in [0.717, 1.165) is 16.0 Å². The van der Waals surface area contributed by atoms with Crippen LogP contribution >= 0.6 is 27.3 Å². The molecule has 1 aliphatic rings. The zero-order valence-electron chi connectivity index (χ0n) is 10.2. The van der Waals surface area contributed by atoms with E-state index in [1.54, 1.807) is 0 Å². The third-order valence-electron chi connectivity index (χ3n) is 3.31. The van der Waals surface area contributed by atoms with E-state index in [9.17, 15) is 0 Å². The highest BCUT2D eigenvalue weighted by molar-refractivity contribution is 9.10. The fourth-order valence-electron chi connectivity index (χ4n) is 2.39. The summed E-state index contributed by atoms with van der Waals surface area (Å²) in [5, 5.41) is 4.67. The van der Waals surface area contributed by atoms with Crippen molar-refractivity contribution in [2.75, 3.05) is 6.54 Å². The number of nitrogens with one attached hydrogen (secondary N) is 1. The number of benzene rings is 1. The van der Waals surface area contributed by atoms with Crippen molar-refractivity contribution in [3.63, 3.8) is 0 Å². The molecule has 0 spiro atoms. The third kappa shape index (κ3) is 2.25. The number of hydrogen-bond acceptors (Lipinski definition) is 3. The molecule has 1 N–H and O–H groups in total. The predicted molar refractivity (Wildman–Crippen MR) is 80.0 cm³/mol. The summed E-state index contributed by atoms with van der Waals surface area (Å²) >= 11 is 5.42. The molecular weight excluding hydrogens is 308 g/mol. The van der Waals surface area contributed by atoms with E-state index in [2.05, 4.69) is 46.4 Å². The molecule has 1 fully saturated rings. The Kier molecular flexibility index (Phi) is 3.50. The van der Waals surface area contributed by atoms with E-state index in [0.29, 0.717) is 6.04 Å². The van der Waals surface area contributed by atoms with Gasteiger partial charge in [-0.25, -0.2) is 4.98 Å². The van der Waals surface area contributed by atoms with Crippen molar-refractivity contribution in [1.82, 2.24) is 10.3 Å². The number of nitrogens with zero attached hydrogens (tertiary/aromatic N) is 1. The maximum Gasteiger partial charge on any atom is 0.125 e. The highest BCUT2D eigenvalue weighted by Gasteiger charge is 2.22. The first kappa shape index (κ1) is 12.3. The monoisotopic (exact) mass is 322 g/mol. The average Bonchev–Trinajstić information content (AvgIpc) is 2.98. The first-order chi connectivity index (χ1) is 8.75. The maximum absolute atomic E-state index is 4.73. The summed E-state index contributed by atoms with van der Waals surface area (Å²) in [6.45, 7) is 3.25. The van der Waals surface area contributed by atoms with Crippen molar-refractivity contribution >= 4 is 27.3 Å². The van der Waals surface area contributed by atoms with E-state index in [1.165, 1.54) is 29.0 Å². The molecule has 2 aromatic rings. The fraction of sp³-hybridized carbons (Fsp3) is 0.357. The lowest BCUT2D eigenvalue weighted by Gasteiger charge is -2.07. The van der Waals surface area contributed by atoms with Crippen LogP contribution in [0.25, 0.3) is 10.6 Å². The maximum atomic E-state index is 4.73. The SMILES string of the molecule is Cc1nc(-c2ccccc2Br)sc1C1CCCN1. The summed E-state index contributed by atoms with van der Waals surface area (Å²) in [4.78, 5) is 6.14. The number of aromatic nitrogens is 1. The molecule has 1 aliphatic heterocycles. The second kappa shape index (κ2) is 5.11. The Hall–Kier alpha value is -0.710. The molecule has 1 aromatic carbocycles. The molecule has 1 atom stereocenters. The molecule has 4 heteroatoms. The van der Waals surface area contributed by atoms with Crippen molar-refractivity contribution in [2.24, 2.45) is 0 Å². The largest absolute Gasteiger partial charge is 0.309 e. The van der Waals surface area contributed by atoms with Gasteiger partial charge in [-0.3, -0.25) is 0 Å². The van der Waals surface area contributed by atoms with Crippen LogP contribution in [0.2, 0.25) is 0 Å². The first-order valence-electron chi connectivity index (χ1n) is 6.21. The summed E-state index contributed by atoms with van der Waals surface area (Å²) in [5.74, 6) is 0. The van der Waals surface area contributed by atoms with Crippen LogP contribution in [0.4, 0.5) is 0 Å². The molecule has 3 rings (SSSR count). The van der Waals surface area contributed by atoms with Crippen LogP contribution in [-0.2, 0) is 0 Å². The van der Waals surface area contributed by atoms with Crippen molar-refractivity contribution in [1.29, 1.82) is 0 Å². The lowest BCUT2D eigenvalue weighted by Crippen LogP contribution is -2.12. The number of thiazole rings is 1. The number of halogens is 1. The Morgan fingerprint density at radius 1 is 1.39 bits per heavy atom. The van der Waals surface area contributed by atoms with Crippen LogP contribution in [0.15, 0.2) is 28.7 Å². The van der Waals surface area contributed by atoms with Gasteiger partial charge in [0.25, 0.3) is 0 Å². The van der Waals surface area contributed by atoms with Gasteiger partial charge in [0.15, 0.2) is 0 Å².